The van der Waals surface area contributed by atoms with E-state index < -0.39 is 5.41 Å². The molecule has 6 nitrogen and oxygen atoms in total. The number of hydrogen-bond donors (Lipinski definition) is 2. The first-order valence-corrected chi connectivity index (χ1v) is 9.29. The van der Waals surface area contributed by atoms with Gasteiger partial charge in [-0.2, -0.15) is 0 Å². The van der Waals surface area contributed by atoms with Crippen molar-refractivity contribution >= 4 is 23.2 Å². The summed E-state index contributed by atoms with van der Waals surface area (Å²) >= 11 is 0. The summed E-state index contributed by atoms with van der Waals surface area (Å²) in [4.78, 5) is 26.2. The quantitative estimate of drug-likeness (QED) is 0.765. The number of morpholine rings is 1. The van der Waals surface area contributed by atoms with Gasteiger partial charge in [0.05, 0.1) is 13.2 Å². The van der Waals surface area contributed by atoms with Gasteiger partial charge in [0.2, 0.25) is 11.8 Å². The molecule has 1 aromatic carbocycles. The van der Waals surface area contributed by atoms with Crippen LogP contribution in [0.4, 0.5) is 11.4 Å². The van der Waals surface area contributed by atoms with E-state index in [9.17, 15) is 9.59 Å². The second kappa shape index (κ2) is 9.03. The molecule has 0 aliphatic carbocycles. The maximum absolute atomic E-state index is 12.1. The molecule has 0 spiro atoms. The maximum atomic E-state index is 12.1. The standard InChI is InChI=1S/C20H31N3O3/c1-15-14-16(23-10-12-26-13-11-23)7-8-17(15)22-18(24)6-5-9-21-19(25)20(2,3)4/h7-8,14H,5-6,9-13H2,1-4H3,(H,21,25)(H,22,24). The van der Waals surface area contributed by atoms with E-state index >= 15 is 0 Å². The van der Waals surface area contributed by atoms with Crippen LogP contribution in [0.1, 0.15) is 39.2 Å². The lowest BCUT2D eigenvalue weighted by Gasteiger charge is -2.29. The number of nitrogens with one attached hydrogen (secondary N) is 2. The van der Waals surface area contributed by atoms with Crippen LogP contribution in [0.5, 0.6) is 0 Å². The topological polar surface area (TPSA) is 70.7 Å². The zero-order valence-electron chi connectivity index (χ0n) is 16.4. The molecule has 2 amide bonds. The minimum atomic E-state index is -0.401. The average molecular weight is 361 g/mol. The van der Waals surface area contributed by atoms with Crippen molar-refractivity contribution in [2.45, 2.75) is 40.5 Å². The fourth-order valence-electron chi connectivity index (χ4n) is 2.74. The number of nitrogens with zero attached hydrogens (tertiary/aromatic N) is 1. The molecule has 0 radical (unpaired) electrons. The van der Waals surface area contributed by atoms with Crippen molar-refractivity contribution in [1.29, 1.82) is 0 Å². The number of hydrogen-bond acceptors (Lipinski definition) is 4. The highest BCUT2D eigenvalue weighted by molar-refractivity contribution is 5.91. The van der Waals surface area contributed by atoms with Crippen molar-refractivity contribution in [3.8, 4) is 0 Å². The lowest BCUT2D eigenvalue weighted by Crippen LogP contribution is -2.36. The Kier molecular flexibility index (Phi) is 7.03. The molecule has 0 saturated carbocycles. The largest absolute Gasteiger partial charge is 0.378 e. The fourth-order valence-corrected chi connectivity index (χ4v) is 2.74. The Labute approximate surface area is 156 Å². The zero-order chi connectivity index (χ0) is 19.2. The van der Waals surface area contributed by atoms with Crippen molar-refractivity contribution in [3.63, 3.8) is 0 Å². The number of carbonyl (C=O) groups is 2. The molecule has 6 heteroatoms. The zero-order valence-corrected chi connectivity index (χ0v) is 16.4. The molecule has 26 heavy (non-hydrogen) atoms. The van der Waals surface area contributed by atoms with E-state index in [0.29, 0.717) is 19.4 Å². The SMILES string of the molecule is Cc1cc(N2CCOCC2)ccc1NC(=O)CCCNC(=O)C(C)(C)C. The summed E-state index contributed by atoms with van der Waals surface area (Å²) in [6.07, 6.45) is 1.01. The molecule has 1 heterocycles. The van der Waals surface area contributed by atoms with E-state index in [2.05, 4.69) is 21.6 Å². The van der Waals surface area contributed by atoms with Crippen LogP contribution in [0.15, 0.2) is 18.2 Å². The van der Waals surface area contributed by atoms with Crippen LogP contribution in [0.3, 0.4) is 0 Å². The molecular formula is C20H31N3O3. The number of benzene rings is 1. The van der Waals surface area contributed by atoms with Crippen LogP contribution in [-0.4, -0.2) is 44.7 Å². The first kappa shape index (κ1) is 20.2. The number of ether oxygens (including phenoxy) is 1. The molecule has 1 fully saturated rings. The third-order valence-corrected chi connectivity index (χ3v) is 4.41. The number of aryl methyl sites for hydroxylation is 1. The third-order valence-electron chi connectivity index (χ3n) is 4.41. The minimum absolute atomic E-state index is 0.00690. The summed E-state index contributed by atoms with van der Waals surface area (Å²) in [6, 6.07) is 6.10. The van der Waals surface area contributed by atoms with Crippen molar-refractivity contribution in [2.75, 3.05) is 43.1 Å². The van der Waals surface area contributed by atoms with Gasteiger partial charge in [-0.15, -0.1) is 0 Å². The van der Waals surface area contributed by atoms with Crippen LogP contribution in [-0.2, 0) is 14.3 Å². The number of rotatable bonds is 6. The van der Waals surface area contributed by atoms with Gasteiger partial charge in [-0.3, -0.25) is 9.59 Å². The Bertz CT molecular complexity index is 632. The predicted molar refractivity (Wildman–Crippen MR) is 105 cm³/mol. The van der Waals surface area contributed by atoms with Gasteiger partial charge in [-0.1, -0.05) is 20.8 Å². The van der Waals surface area contributed by atoms with Gasteiger partial charge in [-0.05, 0) is 37.1 Å². The molecule has 1 aliphatic heterocycles. The lowest BCUT2D eigenvalue weighted by molar-refractivity contribution is -0.128. The molecule has 2 rings (SSSR count). The van der Waals surface area contributed by atoms with E-state index in [4.69, 9.17) is 4.74 Å². The number of carbonyl (C=O) groups excluding carboxylic acids is 2. The summed E-state index contributed by atoms with van der Waals surface area (Å²) in [5.41, 5.74) is 2.64. The second-order valence-corrected chi connectivity index (χ2v) is 7.76. The number of anilines is 2. The van der Waals surface area contributed by atoms with Gasteiger partial charge in [0.1, 0.15) is 0 Å². The molecule has 1 aromatic rings. The Morgan fingerprint density at radius 3 is 2.50 bits per heavy atom. The first-order valence-electron chi connectivity index (χ1n) is 9.29. The van der Waals surface area contributed by atoms with Crippen LogP contribution < -0.4 is 15.5 Å². The molecule has 2 N–H and O–H groups in total. The fraction of sp³-hybridized carbons (Fsp3) is 0.600. The summed E-state index contributed by atoms with van der Waals surface area (Å²) in [5.74, 6) is -0.0234. The lowest BCUT2D eigenvalue weighted by atomic mass is 9.96. The van der Waals surface area contributed by atoms with Gasteiger partial charge in [-0.25, -0.2) is 0 Å². The first-order chi connectivity index (χ1) is 12.3. The molecule has 144 valence electrons. The summed E-state index contributed by atoms with van der Waals surface area (Å²) in [6.45, 7) is 11.4. The Hall–Kier alpha value is -2.08. The highest BCUT2D eigenvalue weighted by Crippen LogP contribution is 2.23. The predicted octanol–water partition coefficient (Wildman–Crippen LogP) is 2.71. The van der Waals surface area contributed by atoms with Crippen LogP contribution in [0.2, 0.25) is 0 Å². The van der Waals surface area contributed by atoms with Crippen molar-refractivity contribution in [2.24, 2.45) is 5.41 Å². The third kappa shape index (κ3) is 6.02. The van der Waals surface area contributed by atoms with E-state index in [1.165, 1.54) is 0 Å². The van der Waals surface area contributed by atoms with E-state index in [-0.39, 0.29) is 11.8 Å². The van der Waals surface area contributed by atoms with E-state index in [0.717, 1.165) is 43.2 Å². The van der Waals surface area contributed by atoms with Gasteiger partial charge < -0.3 is 20.3 Å². The Morgan fingerprint density at radius 1 is 1.19 bits per heavy atom. The van der Waals surface area contributed by atoms with Crippen molar-refractivity contribution < 1.29 is 14.3 Å². The van der Waals surface area contributed by atoms with Crippen molar-refractivity contribution in [3.05, 3.63) is 23.8 Å². The molecule has 0 unspecified atom stereocenters. The Morgan fingerprint density at radius 2 is 1.88 bits per heavy atom. The highest BCUT2D eigenvalue weighted by Gasteiger charge is 2.20. The summed E-state index contributed by atoms with van der Waals surface area (Å²) < 4.78 is 5.38. The molecule has 1 aliphatic rings. The van der Waals surface area contributed by atoms with Crippen LogP contribution in [0.25, 0.3) is 0 Å². The van der Waals surface area contributed by atoms with Crippen LogP contribution >= 0.6 is 0 Å². The normalized spacial score (nSPS) is 14.8. The molecule has 0 atom stereocenters. The van der Waals surface area contributed by atoms with Gasteiger partial charge in [0.15, 0.2) is 0 Å². The van der Waals surface area contributed by atoms with Crippen LogP contribution in [0, 0.1) is 12.3 Å². The average Bonchev–Trinajstić information content (AvgIpc) is 2.60. The van der Waals surface area contributed by atoms with Gasteiger partial charge in [0, 0.05) is 42.8 Å². The Balaban J connectivity index is 1.78. The monoisotopic (exact) mass is 361 g/mol. The minimum Gasteiger partial charge on any atom is -0.378 e. The molecule has 0 bridgehead atoms. The molecule has 1 saturated heterocycles. The molecular weight excluding hydrogens is 330 g/mol. The van der Waals surface area contributed by atoms with E-state index in [1.807, 2.05) is 39.8 Å². The highest BCUT2D eigenvalue weighted by atomic mass is 16.5. The second-order valence-electron chi connectivity index (χ2n) is 7.76. The van der Waals surface area contributed by atoms with Gasteiger partial charge in [0.25, 0.3) is 0 Å². The van der Waals surface area contributed by atoms with Gasteiger partial charge >= 0.3 is 0 Å². The van der Waals surface area contributed by atoms with Crippen molar-refractivity contribution in [1.82, 2.24) is 5.32 Å². The summed E-state index contributed by atoms with van der Waals surface area (Å²) in [5, 5.41) is 5.83. The summed E-state index contributed by atoms with van der Waals surface area (Å²) in [7, 11) is 0. The van der Waals surface area contributed by atoms with E-state index in [1.54, 1.807) is 0 Å². The smallest absolute Gasteiger partial charge is 0.225 e. The molecule has 0 aromatic heterocycles. The maximum Gasteiger partial charge on any atom is 0.225 e. The number of amides is 2.